The Hall–Kier alpha value is -3.40. The number of hydrogen-bond acceptors (Lipinski definition) is 8. The van der Waals surface area contributed by atoms with Gasteiger partial charge in [0.2, 0.25) is 16.9 Å². The van der Waals surface area contributed by atoms with Gasteiger partial charge in [-0.3, -0.25) is 0 Å². The number of nitrogen functional groups attached to an aromatic ring is 1. The third-order valence-corrected chi connectivity index (χ3v) is 4.85. The fourth-order valence-corrected chi connectivity index (χ4v) is 3.19. The number of hydrogen-bond donors (Lipinski definition) is 1. The van der Waals surface area contributed by atoms with Gasteiger partial charge in [-0.05, 0) is 36.4 Å². The largest absolute Gasteiger partial charge is 0.497 e. The number of halogens is 1. The number of nitrogens with zero attached hydrogens (tertiary/aromatic N) is 5. The molecule has 0 unspecified atom stereocenters. The molecule has 28 heavy (non-hydrogen) atoms. The van der Waals surface area contributed by atoms with E-state index in [0.717, 1.165) is 11.3 Å². The highest BCUT2D eigenvalue weighted by atomic mass is 32.2. The summed E-state index contributed by atoms with van der Waals surface area (Å²) in [7, 11) is 1.60. The summed E-state index contributed by atoms with van der Waals surface area (Å²) in [5.41, 5.74) is 1.09. The number of aromatic nitrogens is 5. The molecule has 0 amide bonds. The summed E-state index contributed by atoms with van der Waals surface area (Å²) in [5, 5.41) is 12.4. The minimum Gasteiger partial charge on any atom is -0.497 e. The van der Waals surface area contributed by atoms with Crippen molar-refractivity contribution in [2.45, 2.75) is 10.9 Å². The minimum atomic E-state index is -0.417. The summed E-state index contributed by atoms with van der Waals surface area (Å²) in [6.45, 7) is 0. The Morgan fingerprint density at radius 1 is 1.14 bits per heavy atom. The first-order valence-electron chi connectivity index (χ1n) is 8.21. The normalized spacial score (nSPS) is 10.9. The predicted molar refractivity (Wildman–Crippen MR) is 101 cm³/mol. The zero-order valence-electron chi connectivity index (χ0n) is 14.7. The summed E-state index contributed by atoms with van der Waals surface area (Å²) in [6, 6.07) is 13.6. The van der Waals surface area contributed by atoms with Crippen LogP contribution in [0.1, 0.15) is 5.89 Å². The van der Waals surface area contributed by atoms with E-state index in [0.29, 0.717) is 22.6 Å². The third kappa shape index (κ3) is 3.54. The standard InChI is InChI=1S/C18H15FN6O2S/c1-26-12-8-6-11(7-9-12)16-21-15(27-24-16)10-28-18-23-22-17(25(18)20)13-4-2-3-5-14(13)19/h2-9H,10,20H2,1H3. The maximum absolute atomic E-state index is 13.9. The highest BCUT2D eigenvalue weighted by molar-refractivity contribution is 7.98. The molecular formula is C18H15FN6O2S. The van der Waals surface area contributed by atoms with Gasteiger partial charge in [-0.2, -0.15) is 4.98 Å². The Labute approximate surface area is 163 Å². The van der Waals surface area contributed by atoms with E-state index in [-0.39, 0.29) is 11.4 Å². The summed E-state index contributed by atoms with van der Waals surface area (Å²) in [5.74, 6) is 7.81. The molecule has 0 aliphatic rings. The monoisotopic (exact) mass is 398 g/mol. The Morgan fingerprint density at radius 3 is 2.68 bits per heavy atom. The van der Waals surface area contributed by atoms with Crippen LogP contribution in [-0.2, 0) is 5.75 Å². The molecule has 2 N–H and O–H groups in total. The quantitative estimate of drug-likeness (QED) is 0.390. The van der Waals surface area contributed by atoms with E-state index in [4.69, 9.17) is 15.1 Å². The van der Waals surface area contributed by atoms with Gasteiger partial charge in [0.15, 0.2) is 5.82 Å². The Bertz CT molecular complexity index is 1100. The van der Waals surface area contributed by atoms with Gasteiger partial charge in [-0.25, -0.2) is 9.07 Å². The number of rotatable bonds is 6. The third-order valence-electron chi connectivity index (χ3n) is 3.92. The van der Waals surface area contributed by atoms with E-state index in [1.807, 2.05) is 24.3 Å². The highest BCUT2D eigenvalue weighted by Gasteiger charge is 2.17. The van der Waals surface area contributed by atoms with E-state index >= 15 is 0 Å². The van der Waals surface area contributed by atoms with Crippen molar-refractivity contribution in [1.29, 1.82) is 0 Å². The molecule has 0 bridgehead atoms. The summed E-state index contributed by atoms with van der Waals surface area (Å²) >= 11 is 1.26. The van der Waals surface area contributed by atoms with Crippen LogP contribution in [0.25, 0.3) is 22.8 Å². The summed E-state index contributed by atoms with van der Waals surface area (Å²) < 4.78 is 25.6. The minimum absolute atomic E-state index is 0.241. The van der Waals surface area contributed by atoms with E-state index in [1.54, 1.807) is 25.3 Å². The molecule has 4 aromatic rings. The lowest BCUT2D eigenvalue weighted by Crippen LogP contribution is -2.12. The van der Waals surface area contributed by atoms with Crippen molar-refractivity contribution in [3.8, 4) is 28.5 Å². The van der Waals surface area contributed by atoms with Crippen molar-refractivity contribution in [3.63, 3.8) is 0 Å². The SMILES string of the molecule is COc1ccc(-c2noc(CSc3nnc(-c4ccccc4F)n3N)n2)cc1. The van der Waals surface area contributed by atoms with E-state index in [9.17, 15) is 4.39 Å². The second-order valence-electron chi connectivity index (χ2n) is 5.68. The van der Waals surface area contributed by atoms with Gasteiger partial charge in [0.1, 0.15) is 11.6 Å². The lowest BCUT2D eigenvalue weighted by Gasteiger charge is -2.03. The van der Waals surface area contributed by atoms with Gasteiger partial charge in [0, 0.05) is 5.56 Å². The molecule has 8 nitrogen and oxygen atoms in total. The molecule has 0 fully saturated rings. The van der Waals surface area contributed by atoms with Gasteiger partial charge in [-0.15, -0.1) is 10.2 Å². The maximum Gasteiger partial charge on any atom is 0.237 e. The van der Waals surface area contributed by atoms with Crippen LogP contribution in [0.15, 0.2) is 58.2 Å². The molecular weight excluding hydrogens is 383 g/mol. The topological polar surface area (TPSA) is 105 Å². The van der Waals surface area contributed by atoms with Crippen molar-refractivity contribution in [3.05, 3.63) is 60.2 Å². The molecule has 142 valence electrons. The fraction of sp³-hybridized carbons (Fsp3) is 0.111. The fourth-order valence-electron chi connectivity index (χ4n) is 2.50. The Balaban J connectivity index is 1.47. The first-order chi connectivity index (χ1) is 13.7. The van der Waals surface area contributed by atoms with Crippen LogP contribution in [0.5, 0.6) is 5.75 Å². The molecule has 2 heterocycles. The van der Waals surface area contributed by atoms with Crippen LogP contribution in [-0.4, -0.2) is 32.1 Å². The van der Waals surface area contributed by atoms with Crippen LogP contribution in [0.2, 0.25) is 0 Å². The molecule has 0 atom stereocenters. The molecule has 0 saturated carbocycles. The van der Waals surface area contributed by atoms with Gasteiger partial charge < -0.3 is 15.1 Å². The molecule has 2 aromatic heterocycles. The smallest absolute Gasteiger partial charge is 0.237 e. The van der Waals surface area contributed by atoms with E-state index in [2.05, 4.69) is 20.3 Å². The molecule has 2 aromatic carbocycles. The van der Waals surface area contributed by atoms with Gasteiger partial charge in [0.05, 0.1) is 18.4 Å². The van der Waals surface area contributed by atoms with Crippen LogP contribution in [0, 0.1) is 5.82 Å². The van der Waals surface area contributed by atoms with Crippen LogP contribution >= 0.6 is 11.8 Å². The second kappa shape index (κ2) is 7.69. The van der Waals surface area contributed by atoms with Crippen molar-refractivity contribution in [2.75, 3.05) is 13.0 Å². The molecule has 10 heteroatoms. The van der Waals surface area contributed by atoms with E-state index in [1.165, 1.54) is 22.5 Å². The molecule has 0 spiro atoms. The summed E-state index contributed by atoms with van der Waals surface area (Å²) in [6.07, 6.45) is 0. The number of nitrogens with two attached hydrogens (primary N) is 1. The lowest BCUT2D eigenvalue weighted by atomic mass is 10.2. The molecule has 0 aliphatic heterocycles. The first kappa shape index (κ1) is 18.0. The number of ether oxygens (including phenoxy) is 1. The predicted octanol–water partition coefficient (Wildman–Crippen LogP) is 3.15. The lowest BCUT2D eigenvalue weighted by molar-refractivity contribution is 0.391. The number of methoxy groups -OCH3 is 1. The van der Waals surface area contributed by atoms with Crippen LogP contribution in [0.3, 0.4) is 0 Å². The average molecular weight is 398 g/mol. The van der Waals surface area contributed by atoms with Crippen molar-refractivity contribution in [2.24, 2.45) is 0 Å². The zero-order valence-corrected chi connectivity index (χ0v) is 15.6. The van der Waals surface area contributed by atoms with Crippen molar-refractivity contribution < 1.29 is 13.7 Å². The second-order valence-corrected chi connectivity index (χ2v) is 6.63. The van der Waals surface area contributed by atoms with E-state index < -0.39 is 5.82 Å². The highest BCUT2D eigenvalue weighted by Crippen LogP contribution is 2.26. The average Bonchev–Trinajstić information content (AvgIpc) is 3.34. The van der Waals surface area contributed by atoms with Crippen molar-refractivity contribution in [1.82, 2.24) is 25.0 Å². The Morgan fingerprint density at radius 2 is 1.93 bits per heavy atom. The van der Waals surface area contributed by atoms with Crippen LogP contribution < -0.4 is 10.6 Å². The first-order valence-corrected chi connectivity index (χ1v) is 9.19. The maximum atomic E-state index is 13.9. The van der Waals surface area contributed by atoms with Gasteiger partial charge in [-0.1, -0.05) is 29.1 Å². The molecule has 0 radical (unpaired) electrons. The molecule has 4 rings (SSSR count). The zero-order chi connectivity index (χ0) is 19.5. The summed E-state index contributed by atoms with van der Waals surface area (Å²) in [4.78, 5) is 4.36. The molecule has 0 aliphatic carbocycles. The van der Waals surface area contributed by atoms with Gasteiger partial charge >= 0.3 is 0 Å². The number of benzene rings is 2. The number of thioether (sulfide) groups is 1. The van der Waals surface area contributed by atoms with Gasteiger partial charge in [0.25, 0.3) is 0 Å². The van der Waals surface area contributed by atoms with Crippen molar-refractivity contribution >= 4 is 11.8 Å². The van der Waals surface area contributed by atoms with Crippen LogP contribution in [0.4, 0.5) is 4.39 Å². The molecule has 0 saturated heterocycles. The Kier molecular flexibility index (Phi) is 4.94.